The summed E-state index contributed by atoms with van der Waals surface area (Å²) in [5.74, 6) is -0.779. The van der Waals surface area contributed by atoms with Gasteiger partial charge in [0.2, 0.25) is 0 Å². The van der Waals surface area contributed by atoms with E-state index in [2.05, 4.69) is 5.32 Å². The number of aliphatic hydroxyl groups is 1. The molecule has 6 heteroatoms. The molecule has 2 unspecified atom stereocenters. The maximum atomic E-state index is 12.0. The Morgan fingerprint density at radius 1 is 1.39 bits per heavy atom. The zero-order valence-electron chi connectivity index (χ0n) is 10.6. The molecule has 18 heavy (non-hydrogen) atoms. The van der Waals surface area contributed by atoms with Crippen LogP contribution in [0.4, 0.5) is 4.79 Å². The Morgan fingerprint density at radius 3 is 2.50 bits per heavy atom. The molecule has 2 amide bonds. The number of rotatable bonds is 2. The Labute approximate surface area is 106 Å². The van der Waals surface area contributed by atoms with Crippen LogP contribution in [0, 0.1) is 5.92 Å². The first-order valence-corrected chi connectivity index (χ1v) is 6.43. The first-order valence-electron chi connectivity index (χ1n) is 6.43. The SMILES string of the molecule is CC1CCN(C(=O)NC2(C(=O)O)CCC2)CC1O. The molecule has 0 aromatic carbocycles. The highest BCUT2D eigenvalue weighted by Crippen LogP contribution is 2.32. The Morgan fingerprint density at radius 2 is 2.06 bits per heavy atom. The van der Waals surface area contributed by atoms with Gasteiger partial charge in [-0.15, -0.1) is 0 Å². The number of aliphatic carboxylic acids is 1. The Bertz CT molecular complexity index is 354. The van der Waals surface area contributed by atoms with Crippen LogP contribution in [-0.2, 0) is 4.79 Å². The number of nitrogens with one attached hydrogen (secondary N) is 1. The normalized spacial score (nSPS) is 30.4. The number of amides is 2. The number of piperidine rings is 1. The van der Waals surface area contributed by atoms with E-state index in [4.69, 9.17) is 5.11 Å². The van der Waals surface area contributed by atoms with Crippen LogP contribution >= 0.6 is 0 Å². The molecule has 0 bridgehead atoms. The molecule has 0 radical (unpaired) electrons. The highest BCUT2D eigenvalue weighted by Gasteiger charge is 2.46. The number of likely N-dealkylation sites (tertiary alicyclic amines) is 1. The number of aliphatic hydroxyl groups excluding tert-OH is 1. The van der Waals surface area contributed by atoms with Gasteiger partial charge in [-0.05, 0) is 31.6 Å². The van der Waals surface area contributed by atoms with Crippen molar-refractivity contribution >= 4 is 12.0 Å². The number of carbonyl (C=O) groups is 2. The van der Waals surface area contributed by atoms with E-state index in [0.29, 0.717) is 19.4 Å². The second-order valence-electron chi connectivity index (χ2n) is 5.45. The van der Waals surface area contributed by atoms with Gasteiger partial charge in [0.05, 0.1) is 6.10 Å². The molecule has 6 nitrogen and oxygen atoms in total. The summed E-state index contributed by atoms with van der Waals surface area (Å²) in [6.45, 7) is 2.80. The van der Waals surface area contributed by atoms with Gasteiger partial charge in [-0.25, -0.2) is 9.59 Å². The van der Waals surface area contributed by atoms with E-state index in [-0.39, 0.29) is 18.5 Å². The Kier molecular flexibility index (Phi) is 3.47. The van der Waals surface area contributed by atoms with E-state index in [1.165, 1.54) is 4.90 Å². The predicted octanol–water partition coefficient (Wildman–Crippen LogP) is 0.406. The molecule has 1 heterocycles. The van der Waals surface area contributed by atoms with Crippen molar-refractivity contribution in [3.8, 4) is 0 Å². The largest absolute Gasteiger partial charge is 0.480 e. The van der Waals surface area contributed by atoms with Gasteiger partial charge in [0.25, 0.3) is 0 Å². The molecule has 0 aromatic rings. The number of hydrogen-bond acceptors (Lipinski definition) is 3. The highest BCUT2D eigenvalue weighted by molar-refractivity contribution is 5.87. The molecule has 2 rings (SSSR count). The van der Waals surface area contributed by atoms with Gasteiger partial charge >= 0.3 is 12.0 Å². The molecule has 1 saturated carbocycles. The minimum Gasteiger partial charge on any atom is -0.480 e. The van der Waals surface area contributed by atoms with E-state index in [9.17, 15) is 14.7 Å². The fraction of sp³-hybridized carbons (Fsp3) is 0.833. The lowest BCUT2D eigenvalue weighted by molar-refractivity contribution is -0.148. The van der Waals surface area contributed by atoms with Crippen molar-refractivity contribution in [2.75, 3.05) is 13.1 Å². The van der Waals surface area contributed by atoms with Crippen molar-refractivity contribution in [3.05, 3.63) is 0 Å². The number of urea groups is 1. The second kappa shape index (κ2) is 4.76. The molecular weight excluding hydrogens is 236 g/mol. The third kappa shape index (κ3) is 2.29. The average Bonchev–Trinajstić information content (AvgIpc) is 2.26. The summed E-state index contributed by atoms with van der Waals surface area (Å²) < 4.78 is 0. The quantitative estimate of drug-likeness (QED) is 0.667. The molecule has 102 valence electrons. The summed E-state index contributed by atoms with van der Waals surface area (Å²) in [4.78, 5) is 24.7. The first-order chi connectivity index (χ1) is 8.44. The van der Waals surface area contributed by atoms with Gasteiger partial charge < -0.3 is 20.4 Å². The fourth-order valence-electron chi connectivity index (χ4n) is 2.44. The molecule has 0 spiro atoms. The van der Waals surface area contributed by atoms with E-state index >= 15 is 0 Å². The van der Waals surface area contributed by atoms with Crippen LogP contribution in [0.2, 0.25) is 0 Å². The molecule has 1 aliphatic carbocycles. The first kappa shape index (κ1) is 13.1. The van der Waals surface area contributed by atoms with Crippen LogP contribution in [0.1, 0.15) is 32.6 Å². The molecule has 1 aliphatic heterocycles. The number of β-amino-alcohol motifs (C(OH)–C–C–N with tert-alkyl or cyclic N) is 1. The van der Waals surface area contributed by atoms with Crippen LogP contribution in [-0.4, -0.2) is 51.8 Å². The molecule has 1 saturated heterocycles. The third-order valence-corrected chi connectivity index (χ3v) is 4.17. The van der Waals surface area contributed by atoms with Gasteiger partial charge in [0, 0.05) is 13.1 Å². The van der Waals surface area contributed by atoms with Crippen molar-refractivity contribution in [2.45, 2.75) is 44.2 Å². The smallest absolute Gasteiger partial charge is 0.329 e. The highest BCUT2D eigenvalue weighted by atomic mass is 16.4. The van der Waals surface area contributed by atoms with Crippen LogP contribution in [0.15, 0.2) is 0 Å². The minimum absolute atomic E-state index is 0.186. The lowest BCUT2D eigenvalue weighted by Crippen LogP contribution is -2.63. The van der Waals surface area contributed by atoms with Gasteiger partial charge in [0.15, 0.2) is 0 Å². The summed E-state index contributed by atoms with van der Waals surface area (Å²) >= 11 is 0. The number of carboxylic acids is 1. The van der Waals surface area contributed by atoms with E-state index in [0.717, 1.165) is 12.8 Å². The van der Waals surface area contributed by atoms with E-state index < -0.39 is 17.6 Å². The van der Waals surface area contributed by atoms with Crippen LogP contribution in [0.25, 0.3) is 0 Å². The molecule has 2 aliphatic rings. The summed E-state index contributed by atoms with van der Waals surface area (Å²) in [6.07, 6.45) is 2.02. The summed E-state index contributed by atoms with van der Waals surface area (Å²) in [7, 11) is 0. The second-order valence-corrected chi connectivity index (χ2v) is 5.45. The van der Waals surface area contributed by atoms with Gasteiger partial charge in [-0.3, -0.25) is 0 Å². The topological polar surface area (TPSA) is 89.9 Å². The standard InChI is InChI=1S/C12H20N2O4/c1-8-3-6-14(7-9(8)15)11(18)13-12(10(16)17)4-2-5-12/h8-9,15H,2-7H2,1H3,(H,13,18)(H,16,17). The van der Waals surface area contributed by atoms with Crippen LogP contribution in [0.3, 0.4) is 0 Å². The summed E-state index contributed by atoms with van der Waals surface area (Å²) in [5.41, 5.74) is -1.08. The van der Waals surface area contributed by atoms with Crippen LogP contribution < -0.4 is 5.32 Å². The zero-order chi connectivity index (χ0) is 13.3. The van der Waals surface area contributed by atoms with Gasteiger partial charge in [-0.1, -0.05) is 6.92 Å². The van der Waals surface area contributed by atoms with Crippen molar-refractivity contribution in [1.29, 1.82) is 0 Å². The van der Waals surface area contributed by atoms with Gasteiger partial charge in [-0.2, -0.15) is 0 Å². The lowest BCUT2D eigenvalue weighted by Gasteiger charge is -2.41. The van der Waals surface area contributed by atoms with E-state index in [1.54, 1.807) is 0 Å². The monoisotopic (exact) mass is 256 g/mol. The van der Waals surface area contributed by atoms with Crippen molar-refractivity contribution in [1.82, 2.24) is 10.2 Å². The molecule has 0 aromatic heterocycles. The Hall–Kier alpha value is -1.30. The number of nitrogens with zero attached hydrogens (tertiary/aromatic N) is 1. The molecule has 2 fully saturated rings. The molecule has 3 N–H and O–H groups in total. The molecular formula is C12H20N2O4. The zero-order valence-corrected chi connectivity index (χ0v) is 10.6. The average molecular weight is 256 g/mol. The maximum absolute atomic E-state index is 12.0. The number of carbonyl (C=O) groups excluding carboxylic acids is 1. The number of carboxylic acid groups (broad SMARTS) is 1. The van der Waals surface area contributed by atoms with E-state index in [1.807, 2.05) is 6.92 Å². The fourth-order valence-corrected chi connectivity index (χ4v) is 2.44. The van der Waals surface area contributed by atoms with Crippen molar-refractivity contribution in [3.63, 3.8) is 0 Å². The minimum atomic E-state index is -1.08. The lowest BCUT2D eigenvalue weighted by atomic mass is 9.77. The van der Waals surface area contributed by atoms with Crippen LogP contribution in [0.5, 0.6) is 0 Å². The summed E-state index contributed by atoms with van der Waals surface area (Å²) in [5, 5.41) is 21.5. The van der Waals surface area contributed by atoms with Gasteiger partial charge in [0.1, 0.15) is 5.54 Å². The number of hydrogen-bond donors (Lipinski definition) is 3. The summed E-state index contributed by atoms with van der Waals surface area (Å²) in [6, 6.07) is -0.372. The van der Waals surface area contributed by atoms with Crippen molar-refractivity contribution < 1.29 is 19.8 Å². The van der Waals surface area contributed by atoms with Crippen molar-refractivity contribution in [2.24, 2.45) is 5.92 Å². The predicted molar refractivity (Wildman–Crippen MR) is 64.1 cm³/mol. The third-order valence-electron chi connectivity index (χ3n) is 4.17. The molecule has 2 atom stereocenters. The maximum Gasteiger partial charge on any atom is 0.329 e. The Balaban J connectivity index is 1.94.